The minimum absolute atomic E-state index is 0.0118. The first kappa shape index (κ1) is 18.6. The van der Waals surface area contributed by atoms with Crippen molar-refractivity contribution in [3.8, 4) is 11.5 Å². The molecule has 3 rings (SSSR count). The third kappa shape index (κ3) is 3.80. The van der Waals surface area contributed by atoms with Gasteiger partial charge < -0.3 is 10.1 Å². The van der Waals surface area contributed by atoms with E-state index in [9.17, 15) is 18.5 Å². The third-order valence-electron chi connectivity index (χ3n) is 3.89. The lowest BCUT2D eigenvalue weighted by atomic mass is 10.3. The van der Waals surface area contributed by atoms with Crippen LogP contribution in [0.5, 0.6) is 11.5 Å². The van der Waals surface area contributed by atoms with E-state index >= 15 is 0 Å². The summed E-state index contributed by atoms with van der Waals surface area (Å²) in [4.78, 5) is 10.2. The van der Waals surface area contributed by atoms with Gasteiger partial charge in [0.1, 0.15) is 16.4 Å². The number of nitrogens with zero attached hydrogens (tertiary/aromatic N) is 2. The Balaban J connectivity index is 2.07. The number of nitrogens with one attached hydrogen (secondary N) is 1. The normalized spacial score (nSPS) is 15.6. The van der Waals surface area contributed by atoms with Crippen LogP contribution < -0.4 is 10.1 Å². The molecule has 2 aromatic carbocycles. The van der Waals surface area contributed by atoms with E-state index in [1.54, 1.807) is 24.3 Å². The molecule has 1 fully saturated rings. The number of nitro benzene ring substituents is 1. The second-order valence-electron chi connectivity index (χ2n) is 5.57. The number of nitro groups is 1. The van der Waals surface area contributed by atoms with Crippen molar-refractivity contribution in [1.29, 1.82) is 0 Å². The number of para-hydroxylation sites is 1. The van der Waals surface area contributed by atoms with Crippen LogP contribution in [0, 0.1) is 10.1 Å². The first-order valence-corrected chi connectivity index (χ1v) is 9.63. The topological polar surface area (TPSA) is 102 Å². The first-order chi connectivity index (χ1) is 12.4. The van der Waals surface area contributed by atoms with Crippen LogP contribution in [-0.2, 0) is 10.0 Å². The number of ether oxygens (including phenoxy) is 1. The monoisotopic (exact) mass is 397 g/mol. The van der Waals surface area contributed by atoms with Gasteiger partial charge in [0.05, 0.1) is 9.95 Å². The van der Waals surface area contributed by atoms with Gasteiger partial charge in [0.25, 0.3) is 5.69 Å². The molecule has 1 heterocycles. The lowest BCUT2D eigenvalue weighted by Crippen LogP contribution is -2.46. The zero-order chi connectivity index (χ0) is 18.7. The number of non-ortho nitro benzene ring substituents is 1. The predicted molar refractivity (Wildman–Crippen MR) is 96.3 cm³/mol. The summed E-state index contributed by atoms with van der Waals surface area (Å²) in [5.74, 6) is 0.252. The average Bonchev–Trinajstić information content (AvgIpc) is 2.64. The smallest absolute Gasteiger partial charge is 0.271 e. The summed E-state index contributed by atoms with van der Waals surface area (Å²) in [5, 5.41) is 14.5. The lowest BCUT2D eigenvalue weighted by molar-refractivity contribution is -0.385. The summed E-state index contributed by atoms with van der Waals surface area (Å²) in [5.41, 5.74) is -0.329. The second kappa shape index (κ2) is 7.58. The second-order valence-corrected chi connectivity index (χ2v) is 7.89. The van der Waals surface area contributed by atoms with Gasteiger partial charge in [-0.15, -0.1) is 0 Å². The van der Waals surface area contributed by atoms with E-state index in [0.29, 0.717) is 18.1 Å². The maximum Gasteiger partial charge on any atom is 0.271 e. The molecule has 0 unspecified atom stereocenters. The van der Waals surface area contributed by atoms with Crippen molar-refractivity contribution in [2.24, 2.45) is 0 Å². The summed E-state index contributed by atoms with van der Waals surface area (Å²) in [6, 6.07) is 10.1. The Morgan fingerprint density at radius 3 is 2.46 bits per heavy atom. The molecule has 138 valence electrons. The van der Waals surface area contributed by atoms with Crippen molar-refractivity contribution in [3.05, 3.63) is 57.6 Å². The largest absolute Gasteiger partial charge is 0.454 e. The van der Waals surface area contributed by atoms with Crippen molar-refractivity contribution < 1.29 is 18.1 Å². The molecule has 0 saturated carbocycles. The highest BCUT2D eigenvalue weighted by molar-refractivity contribution is 7.89. The van der Waals surface area contributed by atoms with Crippen LogP contribution in [0.3, 0.4) is 0 Å². The molecular formula is C16H16ClN3O5S. The first-order valence-electron chi connectivity index (χ1n) is 7.81. The Kier molecular flexibility index (Phi) is 5.42. The van der Waals surface area contributed by atoms with Crippen molar-refractivity contribution in [2.45, 2.75) is 4.90 Å². The molecule has 2 aromatic rings. The fraction of sp³-hybridized carbons (Fsp3) is 0.250. The molecule has 10 heteroatoms. The molecular weight excluding hydrogens is 382 g/mol. The van der Waals surface area contributed by atoms with Crippen LogP contribution in [0.25, 0.3) is 0 Å². The molecule has 1 saturated heterocycles. The Morgan fingerprint density at radius 2 is 1.81 bits per heavy atom. The van der Waals surface area contributed by atoms with Gasteiger partial charge in [0.15, 0.2) is 0 Å². The van der Waals surface area contributed by atoms with Crippen LogP contribution in [0.1, 0.15) is 0 Å². The Bertz CT molecular complexity index is 929. The van der Waals surface area contributed by atoms with Gasteiger partial charge >= 0.3 is 0 Å². The maximum atomic E-state index is 13.0. The minimum Gasteiger partial charge on any atom is -0.454 e. The van der Waals surface area contributed by atoms with E-state index in [4.69, 9.17) is 16.3 Å². The predicted octanol–water partition coefficient (Wildman–Crippen LogP) is 2.63. The fourth-order valence-corrected chi connectivity index (χ4v) is 4.32. The minimum atomic E-state index is -3.96. The van der Waals surface area contributed by atoms with Crippen molar-refractivity contribution in [3.63, 3.8) is 0 Å². The summed E-state index contributed by atoms with van der Waals surface area (Å²) >= 11 is 6.07. The molecule has 0 spiro atoms. The van der Waals surface area contributed by atoms with Crippen LogP contribution >= 0.6 is 11.6 Å². The molecule has 26 heavy (non-hydrogen) atoms. The number of hydrogen-bond donors (Lipinski definition) is 1. The molecule has 1 aliphatic rings. The molecule has 0 aromatic heterocycles. The van der Waals surface area contributed by atoms with E-state index in [1.165, 1.54) is 16.4 Å². The van der Waals surface area contributed by atoms with Crippen molar-refractivity contribution in [1.82, 2.24) is 9.62 Å². The van der Waals surface area contributed by atoms with E-state index in [0.717, 1.165) is 6.07 Å². The van der Waals surface area contributed by atoms with Crippen LogP contribution in [0.2, 0.25) is 5.02 Å². The van der Waals surface area contributed by atoms with E-state index in [-0.39, 0.29) is 35.2 Å². The number of halogens is 1. The summed E-state index contributed by atoms with van der Waals surface area (Å²) in [6.45, 7) is 1.57. The van der Waals surface area contributed by atoms with Gasteiger partial charge in [-0.3, -0.25) is 10.1 Å². The van der Waals surface area contributed by atoms with Gasteiger partial charge in [0, 0.05) is 38.3 Å². The third-order valence-corrected chi connectivity index (χ3v) is 6.12. The van der Waals surface area contributed by atoms with Crippen molar-refractivity contribution in [2.75, 3.05) is 26.2 Å². The average molecular weight is 398 g/mol. The van der Waals surface area contributed by atoms with Crippen LogP contribution in [-0.4, -0.2) is 43.8 Å². The Morgan fingerprint density at radius 1 is 1.12 bits per heavy atom. The van der Waals surface area contributed by atoms with Gasteiger partial charge in [-0.2, -0.15) is 4.31 Å². The van der Waals surface area contributed by atoms with Gasteiger partial charge in [-0.25, -0.2) is 8.42 Å². The zero-order valence-electron chi connectivity index (χ0n) is 13.6. The molecule has 1 aliphatic heterocycles. The standard InChI is InChI=1S/C16H16ClN3O5S/c17-13-3-1-2-4-14(13)25-15-6-5-12(20(21)22)11-16(15)26(23,24)19-9-7-18-8-10-19/h1-6,11,18H,7-10H2. The highest BCUT2D eigenvalue weighted by Gasteiger charge is 2.31. The Labute approximate surface area is 155 Å². The highest BCUT2D eigenvalue weighted by Crippen LogP contribution is 2.36. The van der Waals surface area contributed by atoms with Gasteiger partial charge in [-0.05, 0) is 18.2 Å². The molecule has 1 N–H and O–H groups in total. The number of hydrogen-bond acceptors (Lipinski definition) is 6. The number of piperazine rings is 1. The number of benzene rings is 2. The van der Waals surface area contributed by atoms with E-state index < -0.39 is 14.9 Å². The van der Waals surface area contributed by atoms with Gasteiger partial charge in [-0.1, -0.05) is 23.7 Å². The molecule has 0 radical (unpaired) electrons. The summed E-state index contributed by atoms with van der Waals surface area (Å²) in [6.07, 6.45) is 0. The van der Waals surface area contributed by atoms with E-state index in [1.807, 2.05) is 0 Å². The molecule has 0 amide bonds. The molecule has 0 aliphatic carbocycles. The quantitative estimate of drug-likeness (QED) is 0.614. The summed E-state index contributed by atoms with van der Waals surface area (Å²) in [7, 11) is -3.96. The zero-order valence-corrected chi connectivity index (χ0v) is 15.2. The number of sulfonamides is 1. The fourth-order valence-electron chi connectivity index (χ4n) is 2.57. The van der Waals surface area contributed by atoms with E-state index in [2.05, 4.69) is 5.32 Å². The SMILES string of the molecule is O=[N+]([O-])c1ccc(Oc2ccccc2Cl)c(S(=O)(=O)N2CCNCC2)c1. The molecule has 0 bridgehead atoms. The Hall–Kier alpha value is -2.20. The molecule has 8 nitrogen and oxygen atoms in total. The van der Waals surface area contributed by atoms with Crippen molar-refractivity contribution >= 4 is 27.3 Å². The maximum absolute atomic E-state index is 13.0. The summed E-state index contributed by atoms with van der Waals surface area (Å²) < 4.78 is 33.0. The van der Waals surface area contributed by atoms with Crippen LogP contribution in [0.4, 0.5) is 5.69 Å². The highest BCUT2D eigenvalue weighted by atomic mass is 35.5. The lowest BCUT2D eigenvalue weighted by Gasteiger charge is -2.27. The van der Waals surface area contributed by atoms with Gasteiger partial charge in [0.2, 0.25) is 10.0 Å². The van der Waals surface area contributed by atoms with Crippen LogP contribution in [0.15, 0.2) is 47.4 Å². The molecule has 0 atom stereocenters. The number of rotatable bonds is 5.